The molecule has 0 saturated carbocycles. The Bertz CT molecular complexity index is 1350. The SMILES string of the molecule is CC(C)(C)NC(=O)[C@H](c1ccc(F)cc1)N(Cc1ccco1)C(=O)Cn1nnc(-c2ccc(Cl)cc2)n1. The maximum absolute atomic E-state index is 13.7. The van der Waals surface area contributed by atoms with Gasteiger partial charge in [-0.05, 0) is 80.1 Å². The van der Waals surface area contributed by atoms with Crippen molar-refractivity contribution in [2.45, 2.75) is 45.4 Å². The van der Waals surface area contributed by atoms with Crippen molar-refractivity contribution < 1.29 is 18.4 Å². The molecule has 4 rings (SSSR count). The molecule has 4 aromatic rings. The summed E-state index contributed by atoms with van der Waals surface area (Å²) in [5, 5.41) is 15.8. The number of halogens is 2. The van der Waals surface area contributed by atoms with Crippen molar-refractivity contribution >= 4 is 23.4 Å². The summed E-state index contributed by atoms with van der Waals surface area (Å²) >= 11 is 5.95. The Morgan fingerprint density at radius 1 is 1.11 bits per heavy atom. The zero-order valence-corrected chi connectivity index (χ0v) is 21.3. The van der Waals surface area contributed by atoms with E-state index in [2.05, 4.69) is 20.7 Å². The van der Waals surface area contributed by atoms with Crippen molar-refractivity contribution in [2.75, 3.05) is 0 Å². The van der Waals surface area contributed by atoms with Gasteiger partial charge in [-0.25, -0.2) is 4.39 Å². The Morgan fingerprint density at radius 3 is 2.43 bits per heavy atom. The van der Waals surface area contributed by atoms with E-state index in [-0.39, 0.29) is 13.1 Å². The van der Waals surface area contributed by atoms with Crippen LogP contribution in [0.25, 0.3) is 11.4 Å². The molecule has 2 aromatic carbocycles. The van der Waals surface area contributed by atoms with Crippen molar-refractivity contribution in [1.82, 2.24) is 30.4 Å². The van der Waals surface area contributed by atoms with Crippen LogP contribution in [0.15, 0.2) is 71.3 Å². The Labute approximate surface area is 218 Å². The summed E-state index contributed by atoms with van der Waals surface area (Å²) in [6, 6.07) is 14.7. The molecule has 0 aliphatic rings. The Hall–Kier alpha value is -4.05. The minimum atomic E-state index is -1.07. The first-order valence-electron chi connectivity index (χ1n) is 11.5. The molecule has 0 radical (unpaired) electrons. The lowest BCUT2D eigenvalue weighted by molar-refractivity contribution is -0.143. The highest BCUT2D eigenvalue weighted by molar-refractivity contribution is 6.30. The number of nitrogens with zero attached hydrogens (tertiary/aromatic N) is 5. The average molecular weight is 525 g/mol. The summed E-state index contributed by atoms with van der Waals surface area (Å²) in [5.41, 5.74) is 0.552. The van der Waals surface area contributed by atoms with Gasteiger partial charge >= 0.3 is 0 Å². The number of carbonyl (C=O) groups excluding carboxylic acids is 2. The van der Waals surface area contributed by atoms with Crippen molar-refractivity contribution in [3.63, 3.8) is 0 Å². The Kier molecular flexibility index (Phi) is 7.68. The molecular formula is C26H26ClFN6O3. The van der Waals surface area contributed by atoms with Crippen molar-refractivity contribution in [3.05, 3.63) is 89.1 Å². The maximum Gasteiger partial charge on any atom is 0.247 e. The number of benzene rings is 2. The van der Waals surface area contributed by atoms with Gasteiger partial charge in [-0.2, -0.15) is 4.80 Å². The van der Waals surface area contributed by atoms with Crippen LogP contribution in [0.1, 0.15) is 38.1 Å². The fraction of sp³-hybridized carbons (Fsp3) is 0.269. The van der Waals surface area contributed by atoms with E-state index in [0.717, 1.165) is 4.80 Å². The van der Waals surface area contributed by atoms with Crippen molar-refractivity contribution in [2.24, 2.45) is 0 Å². The number of hydrogen-bond acceptors (Lipinski definition) is 6. The van der Waals surface area contributed by atoms with Crippen LogP contribution in [-0.2, 0) is 22.7 Å². The second kappa shape index (κ2) is 10.9. The Balaban J connectivity index is 1.66. The van der Waals surface area contributed by atoms with Gasteiger partial charge in [-0.15, -0.1) is 10.2 Å². The molecule has 2 aromatic heterocycles. The molecule has 9 nitrogen and oxygen atoms in total. The summed E-state index contributed by atoms with van der Waals surface area (Å²) < 4.78 is 19.2. The zero-order chi connectivity index (χ0) is 26.6. The van der Waals surface area contributed by atoms with E-state index in [4.69, 9.17) is 16.0 Å². The third-order valence-electron chi connectivity index (χ3n) is 5.30. The van der Waals surface area contributed by atoms with Gasteiger partial charge in [0.15, 0.2) is 0 Å². The fourth-order valence-electron chi connectivity index (χ4n) is 3.69. The average Bonchev–Trinajstić information content (AvgIpc) is 3.51. The second-order valence-electron chi connectivity index (χ2n) is 9.44. The van der Waals surface area contributed by atoms with Crippen LogP contribution in [-0.4, -0.2) is 42.5 Å². The zero-order valence-electron chi connectivity index (χ0n) is 20.6. The minimum Gasteiger partial charge on any atom is -0.467 e. The molecule has 0 aliphatic heterocycles. The molecule has 1 atom stereocenters. The number of aromatic nitrogens is 4. The van der Waals surface area contributed by atoms with Gasteiger partial charge in [0.1, 0.15) is 24.2 Å². The molecular weight excluding hydrogens is 499 g/mol. The normalized spacial score (nSPS) is 12.2. The quantitative estimate of drug-likeness (QED) is 0.366. The minimum absolute atomic E-state index is 0.00974. The van der Waals surface area contributed by atoms with E-state index in [0.29, 0.717) is 27.7 Å². The van der Waals surface area contributed by atoms with E-state index >= 15 is 0 Å². The lowest BCUT2D eigenvalue weighted by Gasteiger charge is -2.33. The molecule has 0 spiro atoms. The van der Waals surface area contributed by atoms with E-state index in [9.17, 15) is 14.0 Å². The molecule has 192 valence electrons. The van der Waals surface area contributed by atoms with Gasteiger partial charge in [-0.3, -0.25) is 9.59 Å². The predicted molar refractivity (Wildman–Crippen MR) is 135 cm³/mol. The van der Waals surface area contributed by atoms with Crippen LogP contribution >= 0.6 is 11.6 Å². The topological polar surface area (TPSA) is 106 Å². The van der Waals surface area contributed by atoms with Crippen molar-refractivity contribution in [3.8, 4) is 11.4 Å². The monoisotopic (exact) mass is 524 g/mol. The fourth-order valence-corrected chi connectivity index (χ4v) is 3.81. The summed E-state index contributed by atoms with van der Waals surface area (Å²) in [6.45, 7) is 5.21. The molecule has 2 heterocycles. The number of hydrogen-bond donors (Lipinski definition) is 1. The van der Waals surface area contributed by atoms with Gasteiger partial charge < -0.3 is 14.6 Å². The highest BCUT2D eigenvalue weighted by Crippen LogP contribution is 2.26. The molecule has 0 unspecified atom stereocenters. The van der Waals surface area contributed by atoms with E-state index in [1.54, 1.807) is 36.4 Å². The molecule has 1 N–H and O–H groups in total. The van der Waals surface area contributed by atoms with Crippen LogP contribution in [0.4, 0.5) is 4.39 Å². The lowest BCUT2D eigenvalue weighted by Crippen LogP contribution is -2.49. The third kappa shape index (κ3) is 6.79. The molecule has 0 aliphatic carbocycles. The van der Waals surface area contributed by atoms with Gasteiger partial charge in [0.25, 0.3) is 0 Å². The molecule has 0 bridgehead atoms. The first-order valence-corrected chi connectivity index (χ1v) is 11.9. The summed E-state index contributed by atoms with van der Waals surface area (Å²) in [6.07, 6.45) is 1.48. The molecule has 2 amide bonds. The van der Waals surface area contributed by atoms with Crippen LogP contribution in [0.5, 0.6) is 0 Å². The summed E-state index contributed by atoms with van der Waals surface area (Å²) in [7, 11) is 0. The molecule has 37 heavy (non-hydrogen) atoms. The number of carbonyl (C=O) groups is 2. The van der Waals surface area contributed by atoms with Crippen LogP contribution in [0.2, 0.25) is 5.02 Å². The van der Waals surface area contributed by atoms with Gasteiger partial charge in [0, 0.05) is 16.1 Å². The van der Waals surface area contributed by atoms with Crippen molar-refractivity contribution in [1.29, 1.82) is 0 Å². The number of tetrazole rings is 1. The first kappa shape index (κ1) is 26.0. The maximum atomic E-state index is 13.7. The highest BCUT2D eigenvalue weighted by Gasteiger charge is 2.34. The van der Waals surface area contributed by atoms with Gasteiger partial charge in [0.2, 0.25) is 17.6 Å². The number of amides is 2. The smallest absolute Gasteiger partial charge is 0.247 e. The number of nitrogens with one attached hydrogen (secondary N) is 1. The largest absolute Gasteiger partial charge is 0.467 e. The third-order valence-corrected chi connectivity index (χ3v) is 5.55. The lowest BCUT2D eigenvalue weighted by atomic mass is 10.0. The highest BCUT2D eigenvalue weighted by atomic mass is 35.5. The van der Waals surface area contributed by atoms with E-state index < -0.39 is 29.2 Å². The molecule has 0 saturated heterocycles. The van der Waals surface area contributed by atoms with Crippen LogP contribution < -0.4 is 5.32 Å². The van der Waals surface area contributed by atoms with Gasteiger partial charge in [0.05, 0.1) is 12.8 Å². The van der Waals surface area contributed by atoms with Crippen LogP contribution in [0.3, 0.4) is 0 Å². The summed E-state index contributed by atoms with van der Waals surface area (Å²) in [4.78, 5) is 29.7. The van der Waals surface area contributed by atoms with Gasteiger partial charge in [-0.1, -0.05) is 23.7 Å². The standard InChI is InChI=1S/C26H26ClFN6O3/c1-26(2,3)29-25(36)23(17-8-12-20(28)13-9-17)33(15-21-5-4-14-37-21)22(35)16-34-31-24(30-32-34)18-6-10-19(27)11-7-18/h4-14,23H,15-16H2,1-3H3,(H,29,36)/t23-/m0/s1. The molecule has 0 fully saturated rings. The second-order valence-corrected chi connectivity index (χ2v) is 9.88. The van der Waals surface area contributed by atoms with E-state index in [1.807, 2.05) is 20.8 Å². The summed E-state index contributed by atoms with van der Waals surface area (Å²) in [5.74, 6) is -0.550. The van der Waals surface area contributed by atoms with E-state index in [1.165, 1.54) is 35.4 Å². The predicted octanol–water partition coefficient (Wildman–Crippen LogP) is 4.41. The first-order chi connectivity index (χ1) is 17.6. The van der Waals surface area contributed by atoms with Crippen LogP contribution in [0, 0.1) is 5.82 Å². The Morgan fingerprint density at radius 2 is 1.81 bits per heavy atom. The number of rotatable bonds is 8. The number of furan rings is 1. The molecule has 11 heteroatoms.